The SMILES string of the molecule is CCCN(CCC(=O)Nc1ccc(C#N)c(Cl)c1)Cc1ccccc1O. The van der Waals surface area contributed by atoms with E-state index in [1.165, 1.54) is 0 Å². The van der Waals surface area contributed by atoms with Crippen LogP contribution in [0.4, 0.5) is 5.69 Å². The van der Waals surface area contributed by atoms with Crippen LogP contribution in [0.2, 0.25) is 5.02 Å². The predicted molar refractivity (Wildman–Crippen MR) is 103 cm³/mol. The van der Waals surface area contributed by atoms with Crippen LogP contribution in [0.1, 0.15) is 30.9 Å². The van der Waals surface area contributed by atoms with Crippen molar-refractivity contribution in [3.8, 4) is 11.8 Å². The Bertz CT molecular complexity index is 802. The van der Waals surface area contributed by atoms with Crippen molar-refractivity contribution in [2.75, 3.05) is 18.4 Å². The molecular formula is C20H22ClN3O2. The Morgan fingerprint density at radius 2 is 2.04 bits per heavy atom. The van der Waals surface area contributed by atoms with E-state index in [2.05, 4.69) is 17.1 Å². The third kappa shape index (κ3) is 5.76. The molecule has 0 atom stereocenters. The normalized spacial score (nSPS) is 10.5. The maximum Gasteiger partial charge on any atom is 0.225 e. The van der Waals surface area contributed by atoms with Crippen LogP contribution in [0.15, 0.2) is 42.5 Å². The number of anilines is 1. The molecule has 26 heavy (non-hydrogen) atoms. The van der Waals surface area contributed by atoms with Crippen LogP contribution in [0.5, 0.6) is 5.75 Å². The molecule has 0 aliphatic rings. The Balaban J connectivity index is 1.91. The molecule has 2 aromatic rings. The molecule has 0 heterocycles. The molecule has 0 bridgehead atoms. The summed E-state index contributed by atoms with van der Waals surface area (Å²) in [5.41, 5.74) is 1.79. The van der Waals surface area contributed by atoms with E-state index < -0.39 is 0 Å². The second-order valence-electron chi connectivity index (χ2n) is 6.01. The van der Waals surface area contributed by atoms with Crippen molar-refractivity contribution < 1.29 is 9.90 Å². The fourth-order valence-electron chi connectivity index (χ4n) is 2.64. The zero-order valence-corrected chi connectivity index (χ0v) is 15.5. The number of halogens is 1. The molecule has 0 unspecified atom stereocenters. The van der Waals surface area contributed by atoms with Crippen molar-refractivity contribution >= 4 is 23.2 Å². The first-order chi connectivity index (χ1) is 12.5. The summed E-state index contributed by atoms with van der Waals surface area (Å²) in [6, 6.07) is 14.0. The maximum atomic E-state index is 12.2. The standard InChI is InChI=1S/C20H22ClN3O2/c1-2-10-24(14-16-5-3-4-6-19(16)25)11-9-20(26)23-17-8-7-15(13-22)18(21)12-17/h3-8,12,25H,2,9-11,14H2,1H3,(H,23,26). The number of amides is 1. The Morgan fingerprint density at radius 1 is 1.27 bits per heavy atom. The largest absolute Gasteiger partial charge is 0.508 e. The Kier molecular flexibility index (Phi) is 7.46. The highest BCUT2D eigenvalue weighted by molar-refractivity contribution is 6.32. The summed E-state index contributed by atoms with van der Waals surface area (Å²) in [6.45, 7) is 4.09. The highest BCUT2D eigenvalue weighted by Gasteiger charge is 2.11. The van der Waals surface area contributed by atoms with Crippen LogP contribution in [-0.4, -0.2) is 29.0 Å². The van der Waals surface area contributed by atoms with E-state index in [0.717, 1.165) is 18.5 Å². The molecule has 0 aromatic heterocycles. The number of phenolic OH excluding ortho intramolecular Hbond substituents is 1. The van der Waals surface area contributed by atoms with Gasteiger partial charge in [-0.25, -0.2) is 0 Å². The lowest BCUT2D eigenvalue weighted by Crippen LogP contribution is -2.28. The van der Waals surface area contributed by atoms with Gasteiger partial charge in [0.2, 0.25) is 5.91 Å². The lowest BCUT2D eigenvalue weighted by molar-refractivity contribution is -0.116. The van der Waals surface area contributed by atoms with E-state index in [-0.39, 0.29) is 11.7 Å². The van der Waals surface area contributed by atoms with Gasteiger partial charge in [0, 0.05) is 30.8 Å². The first kappa shape index (κ1) is 19.8. The number of carbonyl (C=O) groups is 1. The van der Waals surface area contributed by atoms with Gasteiger partial charge in [0.05, 0.1) is 10.6 Å². The number of nitrogens with zero attached hydrogens (tertiary/aromatic N) is 2. The molecule has 0 fully saturated rings. The molecule has 0 radical (unpaired) electrons. The summed E-state index contributed by atoms with van der Waals surface area (Å²) in [5, 5.41) is 21.9. The summed E-state index contributed by atoms with van der Waals surface area (Å²) in [5.74, 6) is 0.148. The first-order valence-corrected chi connectivity index (χ1v) is 8.90. The minimum absolute atomic E-state index is 0.121. The number of carbonyl (C=O) groups excluding carboxylic acids is 1. The van der Waals surface area contributed by atoms with E-state index in [4.69, 9.17) is 16.9 Å². The summed E-state index contributed by atoms with van der Waals surface area (Å²) in [7, 11) is 0. The molecule has 0 aliphatic heterocycles. The summed E-state index contributed by atoms with van der Waals surface area (Å²) in [6.07, 6.45) is 1.28. The molecule has 0 saturated heterocycles. The number of phenols is 1. The number of nitrogens with one attached hydrogen (secondary N) is 1. The Labute approximate surface area is 158 Å². The fraction of sp³-hybridized carbons (Fsp3) is 0.300. The molecule has 5 nitrogen and oxygen atoms in total. The van der Waals surface area contributed by atoms with Gasteiger partial charge in [0.1, 0.15) is 11.8 Å². The van der Waals surface area contributed by atoms with Gasteiger partial charge < -0.3 is 10.4 Å². The average Bonchev–Trinajstić information content (AvgIpc) is 2.62. The minimum Gasteiger partial charge on any atom is -0.508 e. The van der Waals surface area contributed by atoms with Crippen molar-refractivity contribution in [3.63, 3.8) is 0 Å². The average molecular weight is 372 g/mol. The topological polar surface area (TPSA) is 76.4 Å². The number of rotatable bonds is 8. The summed E-state index contributed by atoms with van der Waals surface area (Å²) >= 11 is 5.98. The smallest absolute Gasteiger partial charge is 0.225 e. The van der Waals surface area contributed by atoms with E-state index in [9.17, 15) is 9.90 Å². The number of hydrogen-bond donors (Lipinski definition) is 2. The molecule has 2 aromatic carbocycles. The Morgan fingerprint density at radius 3 is 2.69 bits per heavy atom. The summed E-state index contributed by atoms with van der Waals surface area (Å²) < 4.78 is 0. The van der Waals surface area contributed by atoms with Gasteiger partial charge in [-0.3, -0.25) is 9.69 Å². The highest BCUT2D eigenvalue weighted by atomic mass is 35.5. The van der Waals surface area contributed by atoms with E-state index in [1.54, 1.807) is 30.3 Å². The fourth-order valence-corrected chi connectivity index (χ4v) is 2.86. The minimum atomic E-state index is -0.121. The predicted octanol–water partition coefficient (Wildman–Crippen LogP) is 4.16. The quantitative estimate of drug-likeness (QED) is 0.730. The lowest BCUT2D eigenvalue weighted by atomic mass is 10.1. The van der Waals surface area contributed by atoms with Crippen LogP contribution >= 0.6 is 11.6 Å². The number of nitriles is 1. The van der Waals surface area contributed by atoms with E-state index in [0.29, 0.717) is 35.8 Å². The molecular weight excluding hydrogens is 350 g/mol. The van der Waals surface area contributed by atoms with Crippen LogP contribution in [-0.2, 0) is 11.3 Å². The molecule has 2 rings (SSSR count). The van der Waals surface area contributed by atoms with Crippen LogP contribution < -0.4 is 5.32 Å². The molecule has 6 heteroatoms. The van der Waals surface area contributed by atoms with Crippen molar-refractivity contribution in [2.24, 2.45) is 0 Å². The molecule has 0 saturated carbocycles. The van der Waals surface area contributed by atoms with Gasteiger partial charge >= 0.3 is 0 Å². The third-order valence-electron chi connectivity index (χ3n) is 3.95. The molecule has 1 amide bonds. The first-order valence-electron chi connectivity index (χ1n) is 8.52. The maximum absolute atomic E-state index is 12.2. The second-order valence-corrected chi connectivity index (χ2v) is 6.42. The zero-order chi connectivity index (χ0) is 18.9. The zero-order valence-electron chi connectivity index (χ0n) is 14.7. The van der Waals surface area contributed by atoms with Gasteiger partial charge in [-0.05, 0) is 37.2 Å². The number of benzene rings is 2. The Hall–Kier alpha value is -2.55. The van der Waals surface area contributed by atoms with E-state index >= 15 is 0 Å². The number of aromatic hydroxyl groups is 1. The summed E-state index contributed by atoms with van der Waals surface area (Å²) in [4.78, 5) is 14.4. The second kappa shape index (κ2) is 9.81. The van der Waals surface area contributed by atoms with Crippen molar-refractivity contribution in [1.82, 2.24) is 4.90 Å². The number of hydrogen-bond acceptors (Lipinski definition) is 4. The van der Waals surface area contributed by atoms with Gasteiger partial charge in [0.25, 0.3) is 0 Å². The molecule has 0 spiro atoms. The molecule has 2 N–H and O–H groups in total. The van der Waals surface area contributed by atoms with Gasteiger partial charge in [0.15, 0.2) is 0 Å². The monoisotopic (exact) mass is 371 g/mol. The van der Waals surface area contributed by atoms with Crippen molar-refractivity contribution in [2.45, 2.75) is 26.3 Å². The number of para-hydroxylation sites is 1. The van der Waals surface area contributed by atoms with Crippen molar-refractivity contribution in [1.29, 1.82) is 5.26 Å². The van der Waals surface area contributed by atoms with Crippen LogP contribution in [0.25, 0.3) is 0 Å². The lowest BCUT2D eigenvalue weighted by Gasteiger charge is -2.22. The van der Waals surface area contributed by atoms with Crippen molar-refractivity contribution in [3.05, 3.63) is 58.6 Å². The van der Waals surface area contributed by atoms with E-state index in [1.807, 2.05) is 18.2 Å². The molecule has 136 valence electrons. The van der Waals surface area contributed by atoms with Crippen LogP contribution in [0, 0.1) is 11.3 Å². The van der Waals surface area contributed by atoms with Gasteiger partial charge in [-0.2, -0.15) is 5.26 Å². The van der Waals surface area contributed by atoms with Gasteiger partial charge in [-0.1, -0.05) is 36.7 Å². The van der Waals surface area contributed by atoms with Gasteiger partial charge in [-0.15, -0.1) is 0 Å². The molecule has 0 aliphatic carbocycles. The highest BCUT2D eigenvalue weighted by Crippen LogP contribution is 2.21. The third-order valence-corrected chi connectivity index (χ3v) is 4.27. The van der Waals surface area contributed by atoms with Crippen LogP contribution in [0.3, 0.4) is 0 Å².